The molecule has 2 heterocycles. The van der Waals surface area contributed by atoms with E-state index in [1.54, 1.807) is 57.1 Å². The van der Waals surface area contributed by atoms with Crippen LogP contribution in [0.15, 0.2) is 24.5 Å². The van der Waals surface area contributed by atoms with E-state index >= 15 is 0 Å². The second kappa shape index (κ2) is 12.9. The van der Waals surface area contributed by atoms with Gasteiger partial charge in [0.2, 0.25) is 0 Å². The molecule has 1 aromatic rings. The van der Waals surface area contributed by atoms with Gasteiger partial charge in [0.15, 0.2) is 0 Å². The van der Waals surface area contributed by atoms with Crippen molar-refractivity contribution in [1.82, 2.24) is 20.1 Å². The molecule has 3 amide bonds. The molecule has 1 fully saturated rings. The molecule has 0 radical (unpaired) electrons. The summed E-state index contributed by atoms with van der Waals surface area (Å²) in [6.07, 6.45) is 3.73. The topological polar surface area (TPSA) is 138 Å². The first kappa shape index (κ1) is 28.1. The molecular weight excluding hydrogens is 438 g/mol. The second-order valence-electron chi connectivity index (χ2n) is 8.68. The molecule has 1 atom stereocenters. The minimum Gasteiger partial charge on any atom is -0.481 e. The Morgan fingerprint density at radius 1 is 1.24 bits per heavy atom. The second-order valence-corrected chi connectivity index (χ2v) is 8.68. The molecule has 1 aliphatic rings. The largest absolute Gasteiger partial charge is 0.481 e. The minimum absolute atomic E-state index is 0.175. The maximum Gasteiger partial charge on any atom is 0.409 e. The van der Waals surface area contributed by atoms with Crippen LogP contribution in [0, 0.1) is 23.8 Å². The van der Waals surface area contributed by atoms with Crippen molar-refractivity contribution < 1.29 is 24.2 Å². The van der Waals surface area contributed by atoms with Crippen LogP contribution in [0.3, 0.4) is 0 Å². The number of nitrogens with zero attached hydrogens (tertiary/aromatic N) is 3. The van der Waals surface area contributed by atoms with E-state index in [-0.39, 0.29) is 6.54 Å². The van der Waals surface area contributed by atoms with Gasteiger partial charge in [0.05, 0.1) is 6.54 Å². The predicted molar refractivity (Wildman–Crippen MR) is 127 cm³/mol. The van der Waals surface area contributed by atoms with Crippen molar-refractivity contribution in [1.29, 1.82) is 0 Å². The van der Waals surface area contributed by atoms with Gasteiger partial charge in [-0.15, -0.1) is 0 Å². The number of amides is 3. The highest BCUT2D eigenvalue weighted by Gasteiger charge is 2.40. The van der Waals surface area contributed by atoms with E-state index in [4.69, 9.17) is 15.6 Å². The van der Waals surface area contributed by atoms with Gasteiger partial charge in [0.1, 0.15) is 11.3 Å². The first-order valence-corrected chi connectivity index (χ1v) is 10.8. The quantitative estimate of drug-likeness (QED) is 0.575. The Morgan fingerprint density at radius 3 is 2.38 bits per heavy atom. The fraction of sp³-hybridized carbons (Fsp3) is 0.500. The highest BCUT2D eigenvalue weighted by atomic mass is 16.6. The van der Waals surface area contributed by atoms with E-state index in [2.05, 4.69) is 34.1 Å². The lowest BCUT2D eigenvalue weighted by atomic mass is 10.1. The van der Waals surface area contributed by atoms with Crippen molar-refractivity contribution in [2.75, 3.05) is 19.6 Å². The molecule has 10 heteroatoms. The number of urea groups is 1. The third-order valence-electron chi connectivity index (χ3n) is 4.37. The van der Waals surface area contributed by atoms with Gasteiger partial charge in [-0.25, -0.2) is 9.59 Å². The Balaban J connectivity index is 0.000000852. The number of carboxylic acids is 1. The zero-order valence-electron chi connectivity index (χ0n) is 20.3. The average Bonchev–Trinajstić information content (AvgIpc) is 2.71. The normalized spacial score (nSPS) is 17.0. The lowest BCUT2D eigenvalue weighted by molar-refractivity contribution is -0.137. The number of hydrogen-bond donors (Lipinski definition) is 3. The SMILES string of the molecule is CC(C)(C)OC(=O)N[C@]1(C)CN(C(N)=O)CCN1C#CC#Cc1ccncc1.CCCC(=O)O. The molecule has 1 aromatic heterocycles. The third kappa shape index (κ3) is 10.6. The molecule has 34 heavy (non-hydrogen) atoms. The number of carbonyl (C=O) groups is 3. The van der Waals surface area contributed by atoms with E-state index in [0.29, 0.717) is 19.5 Å². The van der Waals surface area contributed by atoms with Crippen molar-refractivity contribution in [2.45, 2.75) is 58.7 Å². The summed E-state index contributed by atoms with van der Waals surface area (Å²) in [5.41, 5.74) is 4.60. The molecule has 1 saturated heterocycles. The molecule has 0 bridgehead atoms. The third-order valence-corrected chi connectivity index (χ3v) is 4.37. The van der Waals surface area contributed by atoms with Crippen molar-refractivity contribution >= 4 is 18.1 Å². The zero-order valence-corrected chi connectivity index (χ0v) is 20.3. The lowest BCUT2D eigenvalue weighted by Crippen LogP contribution is -2.68. The average molecular weight is 472 g/mol. The molecule has 0 aliphatic carbocycles. The first-order chi connectivity index (χ1) is 15.9. The molecule has 0 unspecified atom stereocenters. The van der Waals surface area contributed by atoms with Crippen molar-refractivity contribution in [3.05, 3.63) is 30.1 Å². The van der Waals surface area contributed by atoms with E-state index in [9.17, 15) is 14.4 Å². The van der Waals surface area contributed by atoms with Gasteiger partial charge in [-0.1, -0.05) is 12.8 Å². The maximum absolute atomic E-state index is 12.3. The Kier molecular flexibility index (Phi) is 10.7. The summed E-state index contributed by atoms with van der Waals surface area (Å²) in [5, 5.41) is 10.7. The minimum atomic E-state index is -0.971. The number of pyridine rings is 1. The molecular formula is C24H33N5O5. The van der Waals surface area contributed by atoms with E-state index in [1.807, 2.05) is 6.92 Å². The van der Waals surface area contributed by atoms with Crippen molar-refractivity contribution in [2.24, 2.45) is 5.73 Å². The van der Waals surface area contributed by atoms with Crippen LogP contribution in [0.2, 0.25) is 0 Å². The monoisotopic (exact) mass is 471 g/mol. The van der Waals surface area contributed by atoms with Gasteiger partial charge in [-0.3, -0.25) is 15.1 Å². The Labute approximate surface area is 200 Å². The van der Waals surface area contributed by atoms with Crippen LogP contribution in [0.1, 0.15) is 53.0 Å². The molecule has 0 spiro atoms. The molecule has 0 aromatic carbocycles. The van der Waals surface area contributed by atoms with Gasteiger partial charge in [-0.2, -0.15) is 0 Å². The van der Waals surface area contributed by atoms with E-state index < -0.39 is 29.4 Å². The number of alkyl carbamates (subject to hydrolysis) is 1. The molecule has 0 saturated carbocycles. The van der Waals surface area contributed by atoms with Crippen LogP contribution in [0.5, 0.6) is 0 Å². The number of nitrogens with two attached hydrogens (primary N) is 1. The summed E-state index contributed by atoms with van der Waals surface area (Å²) in [6, 6.07) is 5.97. The summed E-state index contributed by atoms with van der Waals surface area (Å²) in [7, 11) is 0. The molecule has 2 rings (SSSR count). The van der Waals surface area contributed by atoms with E-state index in [1.165, 1.54) is 4.90 Å². The Bertz CT molecular complexity index is 969. The summed E-state index contributed by atoms with van der Waals surface area (Å²) < 4.78 is 5.34. The van der Waals surface area contributed by atoms with Crippen molar-refractivity contribution in [3.63, 3.8) is 0 Å². The van der Waals surface area contributed by atoms with Crippen LogP contribution in [0.4, 0.5) is 9.59 Å². The number of hydrogen-bond acceptors (Lipinski definition) is 6. The Morgan fingerprint density at radius 2 is 1.88 bits per heavy atom. The number of piperazine rings is 1. The van der Waals surface area contributed by atoms with Gasteiger partial charge < -0.3 is 25.4 Å². The first-order valence-electron chi connectivity index (χ1n) is 10.8. The predicted octanol–water partition coefficient (Wildman–Crippen LogP) is 2.20. The van der Waals surface area contributed by atoms with Crippen LogP contribution < -0.4 is 11.1 Å². The molecule has 10 nitrogen and oxygen atoms in total. The van der Waals surface area contributed by atoms with Gasteiger partial charge in [-0.05, 0) is 52.2 Å². The molecule has 184 valence electrons. The molecule has 1 aliphatic heterocycles. The highest BCUT2D eigenvalue weighted by molar-refractivity contribution is 5.73. The lowest BCUT2D eigenvalue weighted by Gasteiger charge is -2.46. The standard InChI is InChI=1S/C20H25N5O3.C4H8O2/c1-19(2,3)28-18(27)23-20(4)15-24(17(21)26)13-14-25(20)12-6-5-7-16-8-10-22-11-9-16;1-2-3-4(5)6/h8-11H,13-15H2,1-4H3,(H2,21,26)(H,23,27);2-3H2,1H3,(H,5,6)/t20-;/m0./s1. The van der Waals surface area contributed by atoms with E-state index in [0.717, 1.165) is 12.0 Å². The van der Waals surface area contributed by atoms with Crippen LogP contribution in [-0.4, -0.2) is 68.9 Å². The molecule has 4 N–H and O–H groups in total. The van der Waals surface area contributed by atoms with Gasteiger partial charge in [0, 0.05) is 49.4 Å². The zero-order chi connectivity index (χ0) is 25.8. The summed E-state index contributed by atoms with van der Waals surface area (Å²) in [6.45, 7) is 9.90. The van der Waals surface area contributed by atoms with Crippen LogP contribution in [0.25, 0.3) is 0 Å². The smallest absolute Gasteiger partial charge is 0.409 e. The fourth-order valence-electron chi connectivity index (χ4n) is 2.85. The number of rotatable bonds is 3. The summed E-state index contributed by atoms with van der Waals surface area (Å²) >= 11 is 0. The highest BCUT2D eigenvalue weighted by Crippen LogP contribution is 2.19. The maximum atomic E-state index is 12.3. The summed E-state index contributed by atoms with van der Waals surface area (Å²) in [4.78, 5) is 40.6. The number of ether oxygens (including phenoxy) is 1. The summed E-state index contributed by atoms with van der Waals surface area (Å²) in [5.74, 6) is 7.79. The van der Waals surface area contributed by atoms with Gasteiger partial charge >= 0.3 is 18.1 Å². The number of aliphatic carboxylic acids is 1. The van der Waals surface area contributed by atoms with Crippen LogP contribution >= 0.6 is 0 Å². The Hall–Kier alpha value is -3.92. The number of aromatic nitrogens is 1. The van der Waals surface area contributed by atoms with Gasteiger partial charge in [0.25, 0.3) is 0 Å². The van der Waals surface area contributed by atoms with Crippen LogP contribution in [-0.2, 0) is 9.53 Å². The number of carboxylic acid groups (broad SMARTS) is 1. The number of primary amides is 1. The number of carbonyl (C=O) groups excluding carboxylic acids is 2. The van der Waals surface area contributed by atoms with Crippen molar-refractivity contribution in [3.8, 4) is 23.8 Å². The number of nitrogens with one attached hydrogen (secondary N) is 1. The fourth-order valence-corrected chi connectivity index (χ4v) is 2.85.